The number of nitrogens with one attached hydrogen (secondary N) is 3. The lowest BCUT2D eigenvalue weighted by atomic mass is 10.0. The van der Waals surface area contributed by atoms with Crippen molar-refractivity contribution in [1.29, 1.82) is 0 Å². The largest absolute Gasteiger partial charge is 0.459 e. The molecule has 6 heteroatoms. The summed E-state index contributed by atoms with van der Waals surface area (Å²) in [6, 6.07) is 3.62. The molecule has 1 aromatic rings. The number of hydrazine groups is 1. The van der Waals surface area contributed by atoms with E-state index in [2.05, 4.69) is 28.3 Å². The van der Waals surface area contributed by atoms with E-state index in [0.717, 1.165) is 6.42 Å². The van der Waals surface area contributed by atoms with Gasteiger partial charge in [0, 0.05) is 6.04 Å². The van der Waals surface area contributed by atoms with Gasteiger partial charge in [-0.1, -0.05) is 12.2 Å². The Morgan fingerprint density at radius 3 is 2.84 bits per heavy atom. The molecule has 3 atom stereocenters. The van der Waals surface area contributed by atoms with Crippen molar-refractivity contribution in [3.05, 3.63) is 36.3 Å². The highest BCUT2D eigenvalue weighted by Gasteiger charge is 2.35. The SMILES string of the molecule is O=C(NNC(=S)N[C@H]1C[C@H]2C=C[C@H]1C2)c1ccco1. The molecule has 1 saturated carbocycles. The molecule has 0 spiro atoms. The van der Waals surface area contributed by atoms with Crippen LogP contribution >= 0.6 is 12.2 Å². The van der Waals surface area contributed by atoms with Crippen molar-refractivity contribution in [3.63, 3.8) is 0 Å². The van der Waals surface area contributed by atoms with E-state index in [1.807, 2.05) is 0 Å². The number of thiocarbonyl (C=S) groups is 1. The van der Waals surface area contributed by atoms with Crippen molar-refractivity contribution in [2.24, 2.45) is 11.8 Å². The zero-order chi connectivity index (χ0) is 13.2. The standard InChI is InChI=1S/C13H15N3O2S/c17-12(11-2-1-5-18-11)15-16-13(19)14-10-7-8-3-4-9(10)6-8/h1-5,8-10H,6-7H2,(H,15,17)(H2,14,16,19)/t8-,9-,10-/m0/s1. The highest BCUT2D eigenvalue weighted by Crippen LogP contribution is 2.38. The molecule has 1 aromatic heterocycles. The predicted molar refractivity (Wildman–Crippen MR) is 74.2 cm³/mol. The third-order valence-corrected chi connectivity index (χ3v) is 3.85. The molecule has 0 aromatic carbocycles. The van der Waals surface area contributed by atoms with Crippen LogP contribution in [0.1, 0.15) is 23.4 Å². The number of amides is 1. The first-order valence-electron chi connectivity index (χ1n) is 6.31. The highest BCUT2D eigenvalue weighted by molar-refractivity contribution is 7.80. The smallest absolute Gasteiger partial charge is 0.305 e. The summed E-state index contributed by atoms with van der Waals surface area (Å²) in [4.78, 5) is 11.6. The number of allylic oxidation sites excluding steroid dienone is 1. The Kier molecular flexibility index (Phi) is 3.25. The van der Waals surface area contributed by atoms with Gasteiger partial charge in [-0.3, -0.25) is 15.6 Å². The molecule has 1 amide bonds. The molecule has 1 heterocycles. The maximum atomic E-state index is 11.6. The zero-order valence-electron chi connectivity index (χ0n) is 10.3. The summed E-state index contributed by atoms with van der Waals surface area (Å²) in [6.45, 7) is 0. The van der Waals surface area contributed by atoms with E-state index < -0.39 is 0 Å². The predicted octanol–water partition coefficient (Wildman–Crippen LogP) is 1.35. The first kappa shape index (κ1) is 12.2. The fraction of sp³-hybridized carbons (Fsp3) is 0.385. The van der Waals surface area contributed by atoms with Crippen molar-refractivity contribution >= 4 is 23.2 Å². The zero-order valence-corrected chi connectivity index (χ0v) is 11.1. The Morgan fingerprint density at radius 1 is 1.32 bits per heavy atom. The fourth-order valence-electron chi connectivity index (χ4n) is 2.73. The first-order valence-corrected chi connectivity index (χ1v) is 6.72. The van der Waals surface area contributed by atoms with Gasteiger partial charge in [0.1, 0.15) is 0 Å². The van der Waals surface area contributed by atoms with Gasteiger partial charge in [0.2, 0.25) is 0 Å². The molecule has 19 heavy (non-hydrogen) atoms. The number of carbonyl (C=O) groups excluding carboxylic acids is 1. The molecule has 3 rings (SSSR count). The van der Waals surface area contributed by atoms with Gasteiger partial charge in [0.15, 0.2) is 10.9 Å². The number of rotatable bonds is 2. The third kappa shape index (κ3) is 2.63. The quantitative estimate of drug-likeness (QED) is 0.433. The van der Waals surface area contributed by atoms with Crippen LogP contribution in [-0.2, 0) is 0 Å². The van der Waals surface area contributed by atoms with Crippen molar-refractivity contribution < 1.29 is 9.21 Å². The van der Waals surface area contributed by atoms with Crippen molar-refractivity contribution in [2.75, 3.05) is 0 Å². The number of carbonyl (C=O) groups is 1. The van der Waals surface area contributed by atoms with Crippen LogP contribution in [0.25, 0.3) is 0 Å². The van der Waals surface area contributed by atoms with E-state index in [1.165, 1.54) is 12.7 Å². The molecular formula is C13H15N3O2S. The van der Waals surface area contributed by atoms with Gasteiger partial charge < -0.3 is 9.73 Å². The average molecular weight is 277 g/mol. The van der Waals surface area contributed by atoms with Crippen LogP contribution in [0.5, 0.6) is 0 Å². The summed E-state index contributed by atoms with van der Waals surface area (Å²) in [5.41, 5.74) is 5.19. The molecule has 3 N–H and O–H groups in total. The number of fused-ring (bicyclic) bond motifs is 2. The third-order valence-electron chi connectivity index (χ3n) is 3.63. The molecular weight excluding hydrogens is 262 g/mol. The Bertz CT molecular complexity index is 512. The van der Waals surface area contributed by atoms with Crippen LogP contribution in [0, 0.1) is 11.8 Å². The van der Waals surface area contributed by atoms with Crippen molar-refractivity contribution in [2.45, 2.75) is 18.9 Å². The van der Waals surface area contributed by atoms with Crippen molar-refractivity contribution in [1.82, 2.24) is 16.2 Å². The molecule has 2 aliphatic carbocycles. The summed E-state index contributed by atoms with van der Waals surface area (Å²) < 4.78 is 4.98. The summed E-state index contributed by atoms with van der Waals surface area (Å²) >= 11 is 5.16. The molecule has 100 valence electrons. The van der Waals surface area contributed by atoms with Crippen LogP contribution < -0.4 is 16.2 Å². The average Bonchev–Trinajstić information content (AvgIpc) is 3.12. The maximum absolute atomic E-state index is 11.6. The van der Waals surface area contributed by atoms with E-state index >= 15 is 0 Å². The molecule has 2 aliphatic rings. The first-order chi connectivity index (χ1) is 9.22. The summed E-state index contributed by atoms with van der Waals surface area (Å²) in [5.74, 6) is 1.15. The van der Waals surface area contributed by atoms with Crippen LogP contribution in [0.2, 0.25) is 0 Å². The van der Waals surface area contributed by atoms with Crippen molar-refractivity contribution in [3.8, 4) is 0 Å². The topological polar surface area (TPSA) is 66.3 Å². The summed E-state index contributed by atoms with van der Waals surface area (Å²) in [5, 5.41) is 3.67. The minimum Gasteiger partial charge on any atom is -0.459 e. The number of furan rings is 1. The van der Waals surface area contributed by atoms with Gasteiger partial charge in [-0.15, -0.1) is 0 Å². The Morgan fingerprint density at radius 2 is 2.21 bits per heavy atom. The normalized spacial score (nSPS) is 27.3. The Balaban J connectivity index is 1.45. The monoisotopic (exact) mass is 277 g/mol. The van der Waals surface area contributed by atoms with Crippen LogP contribution in [0.3, 0.4) is 0 Å². The molecule has 0 aliphatic heterocycles. The number of hydrogen-bond donors (Lipinski definition) is 3. The second-order valence-corrected chi connectivity index (χ2v) is 5.32. The summed E-state index contributed by atoms with van der Waals surface area (Å²) in [6.07, 6.45) is 8.29. The van der Waals surface area contributed by atoms with E-state index in [4.69, 9.17) is 16.6 Å². The van der Waals surface area contributed by atoms with Crippen LogP contribution in [0.15, 0.2) is 35.0 Å². The minimum absolute atomic E-state index is 0.248. The van der Waals surface area contributed by atoms with E-state index in [0.29, 0.717) is 23.0 Å². The van der Waals surface area contributed by atoms with Gasteiger partial charge >= 0.3 is 5.91 Å². The van der Waals surface area contributed by atoms with Crippen LogP contribution in [0.4, 0.5) is 0 Å². The highest BCUT2D eigenvalue weighted by atomic mass is 32.1. The van der Waals surface area contributed by atoms with Crippen LogP contribution in [-0.4, -0.2) is 17.1 Å². The Labute approximate surface area is 116 Å². The molecule has 0 radical (unpaired) electrons. The Hall–Kier alpha value is -1.82. The van der Waals surface area contributed by atoms with Gasteiger partial charge in [0.05, 0.1) is 6.26 Å². The van der Waals surface area contributed by atoms with Gasteiger partial charge in [-0.25, -0.2) is 0 Å². The molecule has 5 nitrogen and oxygen atoms in total. The maximum Gasteiger partial charge on any atom is 0.305 e. The van der Waals surface area contributed by atoms with Gasteiger partial charge in [0.25, 0.3) is 0 Å². The molecule has 2 bridgehead atoms. The lowest BCUT2D eigenvalue weighted by Gasteiger charge is -2.21. The van der Waals surface area contributed by atoms with E-state index in [1.54, 1.807) is 12.1 Å². The fourth-order valence-corrected chi connectivity index (χ4v) is 2.94. The molecule has 0 unspecified atom stereocenters. The van der Waals surface area contributed by atoms with E-state index in [-0.39, 0.29) is 11.7 Å². The van der Waals surface area contributed by atoms with Gasteiger partial charge in [-0.05, 0) is 49.0 Å². The minimum atomic E-state index is -0.345. The second-order valence-electron chi connectivity index (χ2n) is 4.92. The van der Waals surface area contributed by atoms with Gasteiger partial charge in [-0.2, -0.15) is 0 Å². The van der Waals surface area contributed by atoms with E-state index in [9.17, 15) is 4.79 Å². The summed E-state index contributed by atoms with van der Waals surface area (Å²) in [7, 11) is 0. The second kappa shape index (κ2) is 5.05. The molecule has 0 saturated heterocycles. The molecule has 1 fully saturated rings. The lowest BCUT2D eigenvalue weighted by Crippen LogP contribution is -2.50. The number of hydrogen-bond acceptors (Lipinski definition) is 3. The lowest BCUT2D eigenvalue weighted by molar-refractivity contribution is 0.0915.